The summed E-state index contributed by atoms with van der Waals surface area (Å²) in [5.41, 5.74) is 0.201. The SMILES string of the molecule is C[C@H](OC(=O)c1cc(=O)[nH]c2ccccc12)C(=O)c1ccc(OC(F)F)cc1. The Morgan fingerprint density at radius 3 is 2.39 bits per heavy atom. The maximum absolute atomic E-state index is 12.5. The molecular weight excluding hydrogens is 372 g/mol. The number of aromatic nitrogens is 1. The van der Waals surface area contributed by atoms with Gasteiger partial charge in [0.15, 0.2) is 6.10 Å². The Labute approximate surface area is 157 Å². The van der Waals surface area contributed by atoms with Crippen LogP contribution in [0.25, 0.3) is 10.9 Å². The molecule has 1 heterocycles. The zero-order valence-electron chi connectivity index (χ0n) is 14.6. The zero-order chi connectivity index (χ0) is 20.3. The summed E-state index contributed by atoms with van der Waals surface area (Å²) < 4.78 is 33.8. The van der Waals surface area contributed by atoms with Gasteiger partial charge in [0.2, 0.25) is 11.3 Å². The highest BCUT2D eigenvalue weighted by Gasteiger charge is 2.22. The van der Waals surface area contributed by atoms with Crippen molar-refractivity contribution in [2.75, 3.05) is 0 Å². The predicted octanol–water partition coefficient (Wildman–Crippen LogP) is 3.56. The second kappa shape index (κ2) is 7.99. The summed E-state index contributed by atoms with van der Waals surface area (Å²) in [4.78, 5) is 39.3. The minimum atomic E-state index is -2.97. The number of fused-ring (bicyclic) bond motifs is 1. The van der Waals surface area contributed by atoms with Crippen molar-refractivity contribution >= 4 is 22.7 Å². The van der Waals surface area contributed by atoms with Gasteiger partial charge in [-0.25, -0.2) is 4.79 Å². The standard InChI is InChI=1S/C20H15F2NO5/c1-11(18(25)12-6-8-13(9-7-12)28-20(21)22)27-19(26)15-10-17(24)23-16-5-3-2-4-14(15)16/h2-11,20H,1H3,(H,23,24)/t11-/m0/s1. The highest BCUT2D eigenvalue weighted by atomic mass is 19.3. The van der Waals surface area contributed by atoms with Gasteiger partial charge in [0.25, 0.3) is 0 Å². The van der Waals surface area contributed by atoms with Gasteiger partial charge in [0, 0.05) is 22.5 Å². The van der Waals surface area contributed by atoms with Crippen LogP contribution < -0.4 is 10.3 Å². The maximum atomic E-state index is 12.5. The molecule has 0 saturated carbocycles. The second-order valence-electron chi connectivity index (χ2n) is 5.91. The fourth-order valence-electron chi connectivity index (χ4n) is 2.69. The molecular formula is C20H15F2NO5. The number of pyridine rings is 1. The zero-order valence-corrected chi connectivity index (χ0v) is 14.6. The lowest BCUT2D eigenvalue weighted by atomic mass is 10.1. The van der Waals surface area contributed by atoms with Gasteiger partial charge in [-0.05, 0) is 37.3 Å². The van der Waals surface area contributed by atoms with E-state index in [-0.39, 0.29) is 16.9 Å². The van der Waals surface area contributed by atoms with Gasteiger partial charge in [0.05, 0.1) is 5.56 Å². The molecule has 0 aliphatic carbocycles. The fraction of sp³-hybridized carbons (Fsp3) is 0.150. The number of hydrogen-bond donors (Lipinski definition) is 1. The number of benzene rings is 2. The lowest BCUT2D eigenvalue weighted by Gasteiger charge is -2.13. The third-order valence-corrected chi connectivity index (χ3v) is 3.99. The molecule has 0 amide bonds. The summed E-state index contributed by atoms with van der Waals surface area (Å²) in [6, 6.07) is 12.9. The van der Waals surface area contributed by atoms with Gasteiger partial charge >= 0.3 is 12.6 Å². The largest absolute Gasteiger partial charge is 0.451 e. The number of halogens is 2. The van der Waals surface area contributed by atoms with Crippen LogP contribution in [0, 0.1) is 0 Å². The van der Waals surface area contributed by atoms with E-state index in [4.69, 9.17) is 4.74 Å². The van der Waals surface area contributed by atoms with Crippen LogP contribution in [-0.4, -0.2) is 29.5 Å². The molecule has 0 bridgehead atoms. The Kier molecular flexibility index (Phi) is 5.49. The topological polar surface area (TPSA) is 85.5 Å². The molecule has 3 aromatic rings. The molecule has 1 N–H and O–H groups in total. The lowest BCUT2D eigenvalue weighted by molar-refractivity contribution is -0.0498. The number of carbonyl (C=O) groups excluding carboxylic acids is 2. The molecule has 0 fully saturated rings. The predicted molar refractivity (Wildman–Crippen MR) is 96.9 cm³/mol. The number of hydrogen-bond acceptors (Lipinski definition) is 5. The van der Waals surface area contributed by atoms with Crippen LogP contribution in [0.5, 0.6) is 5.75 Å². The van der Waals surface area contributed by atoms with Crippen molar-refractivity contribution < 1.29 is 27.8 Å². The summed E-state index contributed by atoms with van der Waals surface area (Å²) in [5.74, 6) is -1.43. The van der Waals surface area contributed by atoms with Crippen molar-refractivity contribution in [3.8, 4) is 5.75 Å². The average Bonchev–Trinajstić information content (AvgIpc) is 2.66. The second-order valence-corrected chi connectivity index (χ2v) is 5.91. The van der Waals surface area contributed by atoms with Crippen molar-refractivity contribution in [1.29, 1.82) is 0 Å². The van der Waals surface area contributed by atoms with Crippen molar-refractivity contribution in [3.63, 3.8) is 0 Å². The van der Waals surface area contributed by atoms with Gasteiger partial charge in [0.1, 0.15) is 5.75 Å². The average molecular weight is 387 g/mol. The highest BCUT2D eigenvalue weighted by molar-refractivity contribution is 6.05. The van der Waals surface area contributed by atoms with E-state index in [0.29, 0.717) is 10.9 Å². The summed E-state index contributed by atoms with van der Waals surface area (Å²) in [7, 11) is 0. The quantitative estimate of drug-likeness (QED) is 0.516. The van der Waals surface area contributed by atoms with Crippen LogP contribution in [0.15, 0.2) is 59.4 Å². The van der Waals surface area contributed by atoms with Gasteiger partial charge in [-0.15, -0.1) is 0 Å². The minimum Gasteiger partial charge on any atom is -0.451 e. The number of esters is 1. The third kappa shape index (κ3) is 4.22. The minimum absolute atomic E-state index is 0.0414. The van der Waals surface area contributed by atoms with E-state index in [0.717, 1.165) is 6.07 Å². The normalized spacial score (nSPS) is 12.0. The molecule has 0 saturated heterocycles. The van der Waals surface area contributed by atoms with Gasteiger partial charge < -0.3 is 14.5 Å². The van der Waals surface area contributed by atoms with Crippen molar-refractivity contribution in [1.82, 2.24) is 4.98 Å². The van der Waals surface area contributed by atoms with Crippen molar-refractivity contribution in [2.45, 2.75) is 19.6 Å². The van der Waals surface area contributed by atoms with Gasteiger partial charge in [-0.2, -0.15) is 8.78 Å². The number of ether oxygens (including phenoxy) is 2. The van der Waals surface area contributed by atoms with E-state index < -0.39 is 30.0 Å². The van der Waals surface area contributed by atoms with E-state index in [9.17, 15) is 23.2 Å². The molecule has 0 spiro atoms. The number of rotatable bonds is 6. The molecule has 0 aliphatic rings. The molecule has 0 aliphatic heterocycles. The number of Topliss-reactive ketones (excluding diaryl/α,β-unsaturated/α-hetero) is 1. The Bertz CT molecular complexity index is 1080. The van der Waals surface area contributed by atoms with E-state index in [1.807, 2.05) is 0 Å². The van der Waals surface area contributed by atoms with E-state index in [1.165, 1.54) is 31.2 Å². The number of carbonyl (C=O) groups is 2. The molecule has 1 aromatic heterocycles. The van der Waals surface area contributed by atoms with Crippen LogP contribution in [0.4, 0.5) is 8.78 Å². The third-order valence-electron chi connectivity index (χ3n) is 3.99. The number of alkyl halides is 2. The van der Waals surface area contributed by atoms with Crippen LogP contribution in [0.3, 0.4) is 0 Å². The van der Waals surface area contributed by atoms with Crippen molar-refractivity contribution in [3.05, 3.63) is 76.1 Å². The Morgan fingerprint density at radius 1 is 1.04 bits per heavy atom. The van der Waals surface area contributed by atoms with E-state index in [1.54, 1.807) is 24.3 Å². The van der Waals surface area contributed by atoms with Gasteiger partial charge in [-0.1, -0.05) is 18.2 Å². The maximum Gasteiger partial charge on any atom is 0.387 e. The highest BCUT2D eigenvalue weighted by Crippen LogP contribution is 2.19. The smallest absolute Gasteiger partial charge is 0.387 e. The summed E-state index contributed by atoms with van der Waals surface area (Å²) in [6.45, 7) is -1.58. The van der Waals surface area contributed by atoms with E-state index in [2.05, 4.69) is 9.72 Å². The van der Waals surface area contributed by atoms with Crippen LogP contribution in [-0.2, 0) is 4.74 Å². The molecule has 1 atom stereocenters. The summed E-state index contributed by atoms with van der Waals surface area (Å²) in [5, 5.41) is 0.486. The molecule has 2 aromatic carbocycles. The molecule has 3 rings (SSSR count). The molecule has 28 heavy (non-hydrogen) atoms. The first-order chi connectivity index (χ1) is 13.3. The molecule has 6 nitrogen and oxygen atoms in total. The Balaban J connectivity index is 1.77. The monoisotopic (exact) mass is 387 g/mol. The summed E-state index contributed by atoms with van der Waals surface area (Å²) >= 11 is 0. The number of H-pyrrole nitrogens is 1. The first kappa shape index (κ1) is 19.2. The molecule has 144 valence electrons. The van der Waals surface area contributed by atoms with Crippen molar-refractivity contribution in [2.24, 2.45) is 0 Å². The number of ketones is 1. The molecule has 8 heteroatoms. The number of nitrogens with one attached hydrogen (secondary N) is 1. The first-order valence-electron chi connectivity index (χ1n) is 8.27. The van der Waals surface area contributed by atoms with Crippen LogP contribution in [0.1, 0.15) is 27.6 Å². The number of aromatic amines is 1. The number of para-hydroxylation sites is 1. The molecule has 0 unspecified atom stereocenters. The van der Waals surface area contributed by atoms with Gasteiger partial charge in [-0.3, -0.25) is 9.59 Å². The fourth-order valence-corrected chi connectivity index (χ4v) is 2.69. The molecule has 0 radical (unpaired) electrons. The summed E-state index contributed by atoms with van der Waals surface area (Å²) in [6.07, 6.45) is -1.15. The lowest BCUT2D eigenvalue weighted by Crippen LogP contribution is -2.25. The Morgan fingerprint density at radius 2 is 1.71 bits per heavy atom. The Hall–Kier alpha value is -3.55. The van der Waals surface area contributed by atoms with Crippen LogP contribution >= 0.6 is 0 Å². The first-order valence-corrected chi connectivity index (χ1v) is 8.27. The van der Waals surface area contributed by atoms with Crippen LogP contribution in [0.2, 0.25) is 0 Å². The van der Waals surface area contributed by atoms with E-state index >= 15 is 0 Å².